The third kappa shape index (κ3) is 2.54. The second-order valence-corrected chi connectivity index (χ2v) is 3.59. The number of hydrogen-bond acceptors (Lipinski definition) is 5. The molecule has 0 aromatic heterocycles. The molecule has 0 amide bonds. The fourth-order valence-electron chi connectivity index (χ4n) is 1.33. The van der Waals surface area contributed by atoms with Crippen LogP contribution in [-0.4, -0.2) is 38.4 Å². The number of carbonyl (C=O) groups is 2. The van der Waals surface area contributed by atoms with E-state index in [1.807, 2.05) is 6.92 Å². The van der Waals surface area contributed by atoms with E-state index in [1.54, 1.807) is 0 Å². The van der Waals surface area contributed by atoms with Gasteiger partial charge in [-0.3, -0.25) is 9.59 Å². The smallest absolute Gasteiger partial charge is 0.324 e. The molecule has 0 radical (unpaired) electrons. The van der Waals surface area contributed by atoms with E-state index < -0.39 is 11.4 Å². The molecule has 1 aliphatic rings. The van der Waals surface area contributed by atoms with Gasteiger partial charge in [-0.15, -0.1) is 0 Å². The van der Waals surface area contributed by atoms with Crippen molar-refractivity contribution in [1.82, 2.24) is 0 Å². The summed E-state index contributed by atoms with van der Waals surface area (Å²) in [5.41, 5.74) is -1.26. The molecule has 1 aliphatic heterocycles. The van der Waals surface area contributed by atoms with E-state index in [0.29, 0.717) is 6.61 Å². The molecule has 0 atom stereocenters. The molecule has 1 heterocycles. The maximum Gasteiger partial charge on any atom is 0.324 e. The summed E-state index contributed by atoms with van der Waals surface area (Å²) in [7, 11) is 0. The summed E-state index contributed by atoms with van der Waals surface area (Å²) in [4.78, 5) is 23.2. The number of rotatable bonds is 4. The van der Waals surface area contributed by atoms with Gasteiger partial charge in [0.05, 0.1) is 19.8 Å². The van der Waals surface area contributed by atoms with Crippen LogP contribution in [0.4, 0.5) is 0 Å². The van der Waals surface area contributed by atoms with Crippen LogP contribution >= 0.6 is 0 Å². The van der Waals surface area contributed by atoms with Gasteiger partial charge in [0, 0.05) is 0 Å². The summed E-state index contributed by atoms with van der Waals surface area (Å²) in [6.45, 7) is 3.77. The largest absolute Gasteiger partial charge is 0.465 e. The Morgan fingerprint density at radius 1 is 1.33 bits per heavy atom. The highest BCUT2D eigenvalue weighted by molar-refractivity contribution is 6.03. The van der Waals surface area contributed by atoms with Crippen LogP contribution in [0.25, 0.3) is 0 Å². The molecule has 0 aromatic carbocycles. The fraction of sp³-hybridized carbons (Fsp3) is 0.800. The van der Waals surface area contributed by atoms with Gasteiger partial charge in [0.25, 0.3) is 0 Å². The Balaban J connectivity index is 2.71. The van der Waals surface area contributed by atoms with Gasteiger partial charge in [-0.1, -0.05) is 6.92 Å². The van der Waals surface area contributed by atoms with Crippen molar-refractivity contribution >= 4 is 11.8 Å². The topological polar surface area (TPSA) is 61.8 Å². The van der Waals surface area contributed by atoms with Gasteiger partial charge in [-0.2, -0.15) is 0 Å². The third-order valence-corrected chi connectivity index (χ3v) is 2.37. The van der Waals surface area contributed by atoms with Crippen LogP contribution in [0.15, 0.2) is 0 Å². The first-order valence-electron chi connectivity index (χ1n) is 4.97. The number of esters is 1. The average molecular weight is 216 g/mol. The standard InChI is InChI=1S/C10H16O5/c1-3-4-15-9(12)10(8(2)11)5-13-7-14-6-10/h3-7H2,1-2H3. The van der Waals surface area contributed by atoms with Crippen molar-refractivity contribution in [2.75, 3.05) is 26.6 Å². The fourth-order valence-corrected chi connectivity index (χ4v) is 1.33. The van der Waals surface area contributed by atoms with Crippen LogP contribution in [0.3, 0.4) is 0 Å². The number of hydrogen-bond donors (Lipinski definition) is 0. The van der Waals surface area contributed by atoms with Crippen LogP contribution in [-0.2, 0) is 23.8 Å². The Bertz CT molecular complexity index is 242. The third-order valence-electron chi connectivity index (χ3n) is 2.37. The van der Waals surface area contributed by atoms with Gasteiger partial charge in [0.1, 0.15) is 6.79 Å². The van der Waals surface area contributed by atoms with Gasteiger partial charge in [0.2, 0.25) is 0 Å². The molecule has 0 saturated carbocycles. The zero-order chi connectivity index (χ0) is 11.3. The van der Waals surface area contributed by atoms with Crippen molar-refractivity contribution in [1.29, 1.82) is 0 Å². The normalized spacial score (nSPS) is 19.6. The maximum absolute atomic E-state index is 11.7. The SMILES string of the molecule is CCCOC(=O)C1(C(C)=O)COCOC1. The van der Waals surface area contributed by atoms with E-state index in [-0.39, 0.29) is 25.8 Å². The van der Waals surface area contributed by atoms with E-state index >= 15 is 0 Å². The Labute approximate surface area is 88.7 Å². The van der Waals surface area contributed by atoms with E-state index in [4.69, 9.17) is 14.2 Å². The van der Waals surface area contributed by atoms with Crippen molar-refractivity contribution in [3.05, 3.63) is 0 Å². The van der Waals surface area contributed by atoms with Crippen LogP contribution in [0.5, 0.6) is 0 Å². The van der Waals surface area contributed by atoms with Crippen LogP contribution in [0, 0.1) is 5.41 Å². The van der Waals surface area contributed by atoms with E-state index in [2.05, 4.69) is 0 Å². The molecule has 1 fully saturated rings. The summed E-state index contributed by atoms with van der Waals surface area (Å²) in [5, 5.41) is 0. The lowest BCUT2D eigenvalue weighted by molar-refractivity contribution is -0.195. The maximum atomic E-state index is 11.7. The Morgan fingerprint density at radius 2 is 1.93 bits per heavy atom. The second-order valence-electron chi connectivity index (χ2n) is 3.59. The molecular formula is C10H16O5. The number of ketones is 1. The van der Waals surface area contributed by atoms with Crippen molar-refractivity contribution in [3.8, 4) is 0 Å². The summed E-state index contributed by atoms with van der Waals surface area (Å²) in [6, 6.07) is 0. The second kappa shape index (κ2) is 5.23. The first kappa shape index (κ1) is 12.1. The summed E-state index contributed by atoms with van der Waals surface area (Å²) >= 11 is 0. The van der Waals surface area contributed by atoms with Gasteiger partial charge in [-0.05, 0) is 13.3 Å². The molecule has 5 nitrogen and oxygen atoms in total. The van der Waals surface area contributed by atoms with Crippen molar-refractivity contribution in [3.63, 3.8) is 0 Å². The lowest BCUT2D eigenvalue weighted by atomic mass is 9.85. The molecule has 86 valence electrons. The minimum absolute atomic E-state index is 0.0465. The van der Waals surface area contributed by atoms with Gasteiger partial charge < -0.3 is 14.2 Å². The van der Waals surface area contributed by atoms with E-state index in [9.17, 15) is 9.59 Å². The number of Topliss-reactive ketones (excluding diaryl/α,β-unsaturated/α-hetero) is 1. The summed E-state index contributed by atoms with van der Waals surface area (Å²) < 4.78 is 15.0. The lowest BCUT2D eigenvalue weighted by Gasteiger charge is -2.31. The molecular weight excluding hydrogens is 200 g/mol. The molecule has 1 rings (SSSR count). The van der Waals surface area contributed by atoms with Gasteiger partial charge in [-0.25, -0.2) is 0 Å². The molecule has 5 heteroatoms. The van der Waals surface area contributed by atoms with Crippen LogP contribution < -0.4 is 0 Å². The monoisotopic (exact) mass is 216 g/mol. The predicted octanol–water partition coefficient (Wildman–Crippen LogP) is 0.519. The highest BCUT2D eigenvalue weighted by atomic mass is 16.7. The molecule has 0 N–H and O–H groups in total. The molecule has 15 heavy (non-hydrogen) atoms. The zero-order valence-corrected chi connectivity index (χ0v) is 9.08. The minimum Gasteiger partial charge on any atom is -0.465 e. The number of ether oxygens (including phenoxy) is 3. The Morgan fingerprint density at radius 3 is 2.40 bits per heavy atom. The van der Waals surface area contributed by atoms with Crippen molar-refractivity contribution in [2.45, 2.75) is 20.3 Å². The summed E-state index contributed by atoms with van der Waals surface area (Å²) in [6.07, 6.45) is 0.724. The summed E-state index contributed by atoms with van der Waals surface area (Å²) in [5.74, 6) is -0.820. The first-order valence-corrected chi connectivity index (χ1v) is 4.97. The zero-order valence-electron chi connectivity index (χ0n) is 9.08. The van der Waals surface area contributed by atoms with E-state index in [0.717, 1.165) is 6.42 Å². The minimum atomic E-state index is -1.26. The Hall–Kier alpha value is -0.940. The first-order chi connectivity index (χ1) is 7.13. The lowest BCUT2D eigenvalue weighted by Crippen LogP contribution is -2.50. The average Bonchev–Trinajstić information content (AvgIpc) is 2.26. The molecule has 1 saturated heterocycles. The van der Waals surface area contributed by atoms with E-state index in [1.165, 1.54) is 6.92 Å². The highest BCUT2D eigenvalue weighted by Crippen LogP contribution is 2.25. The molecule has 0 unspecified atom stereocenters. The number of carbonyl (C=O) groups excluding carboxylic acids is 2. The van der Waals surface area contributed by atoms with Gasteiger partial charge >= 0.3 is 5.97 Å². The molecule has 0 bridgehead atoms. The van der Waals surface area contributed by atoms with Crippen molar-refractivity contribution in [2.24, 2.45) is 5.41 Å². The molecule has 0 spiro atoms. The van der Waals surface area contributed by atoms with Gasteiger partial charge in [0.15, 0.2) is 11.2 Å². The molecule has 0 aromatic rings. The highest BCUT2D eigenvalue weighted by Gasteiger charge is 2.47. The van der Waals surface area contributed by atoms with Crippen LogP contribution in [0.1, 0.15) is 20.3 Å². The quantitative estimate of drug-likeness (QED) is 0.506. The van der Waals surface area contributed by atoms with Crippen LogP contribution in [0.2, 0.25) is 0 Å². The Kier molecular flexibility index (Phi) is 4.23. The predicted molar refractivity (Wildman–Crippen MR) is 51.1 cm³/mol. The van der Waals surface area contributed by atoms with Crippen molar-refractivity contribution < 1.29 is 23.8 Å². The molecule has 0 aliphatic carbocycles.